The van der Waals surface area contributed by atoms with E-state index in [4.69, 9.17) is 4.74 Å². The van der Waals surface area contributed by atoms with Crippen LogP contribution in [0, 0.1) is 0 Å². The van der Waals surface area contributed by atoms with E-state index in [1.165, 1.54) is 0 Å². The number of hydrogen-bond donors (Lipinski definition) is 1. The summed E-state index contributed by atoms with van der Waals surface area (Å²) in [4.78, 5) is 25.2. The van der Waals surface area contributed by atoms with E-state index in [0.717, 1.165) is 0 Å². The Morgan fingerprint density at radius 3 is 2.62 bits per heavy atom. The van der Waals surface area contributed by atoms with Crippen molar-refractivity contribution in [3.8, 4) is 0 Å². The van der Waals surface area contributed by atoms with Crippen LogP contribution in [0.4, 0.5) is 0 Å². The van der Waals surface area contributed by atoms with Crippen molar-refractivity contribution in [2.45, 2.75) is 38.8 Å². The number of amides is 2. The first-order chi connectivity index (χ1) is 7.42. The Labute approximate surface area is 96.1 Å². The molecule has 0 aromatic heterocycles. The van der Waals surface area contributed by atoms with Gasteiger partial charge in [-0.3, -0.25) is 9.59 Å². The number of rotatable bonds is 4. The lowest BCUT2D eigenvalue weighted by molar-refractivity contribution is -0.151. The lowest BCUT2D eigenvalue weighted by Crippen LogP contribution is -2.64. The standard InChI is InChI=1S/C11H20N2O3/c1-5-8-10(15)13(6-9(14)12-8)11(2,3)7-16-4/h8H,5-7H2,1-4H3,(H,12,14). The summed E-state index contributed by atoms with van der Waals surface area (Å²) in [6.45, 7) is 6.23. The van der Waals surface area contributed by atoms with Crippen molar-refractivity contribution >= 4 is 11.8 Å². The van der Waals surface area contributed by atoms with Gasteiger partial charge in [-0.2, -0.15) is 0 Å². The number of piperazine rings is 1. The highest BCUT2D eigenvalue weighted by Crippen LogP contribution is 2.19. The second-order valence-electron chi connectivity index (χ2n) is 4.70. The summed E-state index contributed by atoms with van der Waals surface area (Å²) in [5.74, 6) is -0.125. The summed E-state index contributed by atoms with van der Waals surface area (Å²) in [6.07, 6.45) is 0.615. The Bertz CT molecular complexity index is 289. The van der Waals surface area contributed by atoms with Gasteiger partial charge in [0, 0.05) is 7.11 Å². The third-order valence-corrected chi connectivity index (χ3v) is 2.84. The van der Waals surface area contributed by atoms with Crippen LogP contribution in [0.5, 0.6) is 0 Å². The molecule has 0 saturated carbocycles. The molecular weight excluding hydrogens is 208 g/mol. The monoisotopic (exact) mass is 228 g/mol. The Morgan fingerprint density at radius 1 is 1.50 bits per heavy atom. The van der Waals surface area contributed by atoms with Crippen LogP contribution in [-0.4, -0.2) is 48.6 Å². The Morgan fingerprint density at radius 2 is 2.12 bits per heavy atom. The highest BCUT2D eigenvalue weighted by atomic mass is 16.5. The number of ether oxygens (including phenoxy) is 1. The Kier molecular flexibility index (Phi) is 3.91. The average Bonchev–Trinajstić information content (AvgIpc) is 2.20. The minimum absolute atomic E-state index is 0.0239. The van der Waals surface area contributed by atoms with E-state index in [-0.39, 0.29) is 18.4 Å². The molecule has 1 unspecified atom stereocenters. The quantitative estimate of drug-likeness (QED) is 0.745. The Hall–Kier alpha value is -1.10. The first kappa shape index (κ1) is 13.0. The van der Waals surface area contributed by atoms with Gasteiger partial charge in [-0.15, -0.1) is 0 Å². The summed E-state index contributed by atoms with van der Waals surface area (Å²) in [7, 11) is 1.59. The summed E-state index contributed by atoms with van der Waals surface area (Å²) in [5, 5.41) is 2.69. The van der Waals surface area contributed by atoms with Gasteiger partial charge in [-0.1, -0.05) is 6.92 Å². The lowest BCUT2D eigenvalue weighted by Gasteiger charge is -2.42. The fourth-order valence-corrected chi connectivity index (χ4v) is 1.93. The van der Waals surface area contributed by atoms with Crippen molar-refractivity contribution in [2.75, 3.05) is 20.3 Å². The summed E-state index contributed by atoms with van der Waals surface area (Å²) >= 11 is 0. The predicted molar refractivity (Wildman–Crippen MR) is 59.9 cm³/mol. The van der Waals surface area contributed by atoms with E-state index >= 15 is 0 Å². The number of nitrogens with one attached hydrogen (secondary N) is 1. The molecule has 92 valence electrons. The van der Waals surface area contributed by atoms with Gasteiger partial charge in [0.25, 0.3) is 0 Å². The highest BCUT2D eigenvalue weighted by molar-refractivity contribution is 5.95. The van der Waals surface area contributed by atoms with Crippen LogP contribution >= 0.6 is 0 Å². The van der Waals surface area contributed by atoms with Gasteiger partial charge in [-0.25, -0.2) is 0 Å². The smallest absolute Gasteiger partial charge is 0.246 e. The average molecular weight is 228 g/mol. The van der Waals surface area contributed by atoms with Crippen molar-refractivity contribution < 1.29 is 14.3 Å². The molecule has 1 saturated heterocycles. The summed E-state index contributed by atoms with van der Waals surface area (Å²) in [5.41, 5.74) is -0.447. The van der Waals surface area contributed by atoms with Gasteiger partial charge in [0.15, 0.2) is 0 Å². The summed E-state index contributed by atoms with van der Waals surface area (Å²) in [6, 6.07) is -0.391. The molecule has 0 bridgehead atoms. The second kappa shape index (κ2) is 4.82. The number of carbonyl (C=O) groups excluding carboxylic acids is 2. The molecule has 0 aliphatic carbocycles. The molecule has 1 rings (SSSR count). The fourth-order valence-electron chi connectivity index (χ4n) is 1.93. The molecular formula is C11H20N2O3. The van der Waals surface area contributed by atoms with Crippen LogP contribution in [0.3, 0.4) is 0 Å². The van der Waals surface area contributed by atoms with Gasteiger partial charge in [0.1, 0.15) is 12.6 Å². The summed E-state index contributed by atoms with van der Waals surface area (Å²) < 4.78 is 5.09. The normalized spacial score (nSPS) is 22.2. The zero-order valence-electron chi connectivity index (χ0n) is 10.4. The molecule has 1 heterocycles. The number of nitrogens with zero attached hydrogens (tertiary/aromatic N) is 1. The van der Waals surface area contributed by atoms with Gasteiger partial charge < -0.3 is 15.0 Å². The molecule has 5 heteroatoms. The number of methoxy groups -OCH3 is 1. The molecule has 1 N–H and O–H groups in total. The highest BCUT2D eigenvalue weighted by Gasteiger charge is 2.39. The first-order valence-electron chi connectivity index (χ1n) is 5.52. The minimum atomic E-state index is -0.447. The van der Waals surface area contributed by atoms with Crippen LogP contribution in [-0.2, 0) is 14.3 Å². The van der Waals surface area contributed by atoms with E-state index in [1.807, 2.05) is 20.8 Å². The van der Waals surface area contributed by atoms with Gasteiger partial charge in [-0.05, 0) is 20.3 Å². The third-order valence-electron chi connectivity index (χ3n) is 2.84. The minimum Gasteiger partial charge on any atom is -0.382 e. The molecule has 16 heavy (non-hydrogen) atoms. The molecule has 0 aromatic rings. The molecule has 0 aromatic carbocycles. The molecule has 2 amide bonds. The van der Waals surface area contributed by atoms with Crippen LogP contribution in [0.1, 0.15) is 27.2 Å². The van der Waals surface area contributed by atoms with E-state index in [9.17, 15) is 9.59 Å². The van der Waals surface area contributed by atoms with Crippen LogP contribution in [0.2, 0.25) is 0 Å². The molecule has 1 aliphatic heterocycles. The van der Waals surface area contributed by atoms with Crippen LogP contribution < -0.4 is 5.32 Å². The van der Waals surface area contributed by atoms with Crippen molar-refractivity contribution in [2.24, 2.45) is 0 Å². The largest absolute Gasteiger partial charge is 0.382 e. The molecule has 0 radical (unpaired) electrons. The van der Waals surface area contributed by atoms with Crippen molar-refractivity contribution in [3.63, 3.8) is 0 Å². The predicted octanol–water partition coefficient (Wildman–Crippen LogP) is 0.148. The van der Waals surface area contributed by atoms with Gasteiger partial charge in [0.2, 0.25) is 11.8 Å². The maximum atomic E-state index is 12.1. The van der Waals surface area contributed by atoms with E-state index in [2.05, 4.69) is 5.32 Å². The molecule has 1 fully saturated rings. The maximum absolute atomic E-state index is 12.1. The van der Waals surface area contributed by atoms with Crippen LogP contribution in [0.25, 0.3) is 0 Å². The molecule has 1 aliphatic rings. The number of carbonyl (C=O) groups is 2. The molecule has 5 nitrogen and oxygen atoms in total. The first-order valence-corrected chi connectivity index (χ1v) is 5.52. The van der Waals surface area contributed by atoms with Crippen molar-refractivity contribution in [1.82, 2.24) is 10.2 Å². The van der Waals surface area contributed by atoms with Gasteiger partial charge in [0.05, 0.1) is 12.1 Å². The van der Waals surface area contributed by atoms with Crippen molar-refractivity contribution in [1.29, 1.82) is 0 Å². The van der Waals surface area contributed by atoms with Gasteiger partial charge >= 0.3 is 0 Å². The lowest BCUT2D eigenvalue weighted by atomic mass is 10.00. The van der Waals surface area contributed by atoms with E-state index in [0.29, 0.717) is 13.0 Å². The topological polar surface area (TPSA) is 58.6 Å². The van der Waals surface area contributed by atoms with Crippen LogP contribution in [0.15, 0.2) is 0 Å². The number of hydrogen-bond acceptors (Lipinski definition) is 3. The van der Waals surface area contributed by atoms with Crippen molar-refractivity contribution in [3.05, 3.63) is 0 Å². The third kappa shape index (κ3) is 2.52. The molecule has 0 spiro atoms. The SMILES string of the molecule is CCC1NC(=O)CN(C(C)(C)COC)C1=O. The fraction of sp³-hybridized carbons (Fsp3) is 0.818. The zero-order valence-corrected chi connectivity index (χ0v) is 10.4. The zero-order chi connectivity index (χ0) is 12.3. The maximum Gasteiger partial charge on any atom is 0.246 e. The van der Waals surface area contributed by atoms with E-state index in [1.54, 1.807) is 12.0 Å². The Balaban J connectivity index is 2.85. The molecule has 1 atom stereocenters. The van der Waals surface area contributed by atoms with E-state index < -0.39 is 11.6 Å². The second-order valence-corrected chi connectivity index (χ2v) is 4.70.